The molecule has 0 saturated carbocycles. The van der Waals surface area contributed by atoms with Gasteiger partial charge in [0, 0.05) is 11.7 Å². The zero-order valence-electron chi connectivity index (χ0n) is 9.79. The molecule has 1 aliphatic carbocycles. The smallest absolute Gasteiger partial charge is 0.137 e. The Morgan fingerprint density at radius 1 is 1.06 bits per heavy atom. The molecule has 0 radical (unpaired) electrons. The lowest BCUT2D eigenvalue weighted by atomic mass is 10.1. The molecule has 0 heterocycles. The molecule has 0 aromatic heterocycles. The van der Waals surface area contributed by atoms with Crippen LogP contribution >= 0.6 is 15.9 Å². The summed E-state index contributed by atoms with van der Waals surface area (Å²) in [5.74, 6) is -0.227. The van der Waals surface area contributed by atoms with E-state index in [1.54, 1.807) is 12.1 Å². The van der Waals surface area contributed by atoms with Gasteiger partial charge in [-0.3, -0.25) is 0 Å². The number of hydrogen-bond acceptors (Lipinski definition) is 1. The number of anilines is 1. The van der Waals surface area contributed by atoms with E-state index in [-0.39, 0.29) is 5.82 Å². The Hall–Kier alpha value is -1.35. The maximum Gasteiger partial charge on any atom is 0.137 e. The molecular formula is C15H13BrFN. The lowest BCUT2D eigenvalue weighted by Gasteiger charge is -2.14. The van der Waals surface area contributed by atoms with Crippen LogP contribution in [0.25, 0.3) is 0 Å². The van der Waals surface area contributed by atoms with Gasteiger partial charge < -0.3 is 5.32 Å². The molecule has 1 aliphatic rings. The minimum absolute atomic E-state index is 0.227. The number of rotatable bonds is 2. The second-order valence-corrected chi connectivity index (χ2v) is 5.50. The van der Waals surface area contributed by atoms with E-state index in [0.717, 1.165) is 18.5 Å². The number of nitrogens with one attached hydrogen (secondary N) is 1. The van der Waals surface area contributed by atoms with E-state index >= 15 is 0 Å². The summed E-state index contributed by atoms with van der Waals surface area (Å²) in [7, 11) is 0. The third kappa shape index (κ3) is 2.27. The van der Waals surface area contributed by atoms with Crippen molar-refractivity contribution in [3.8, 4) is 0 Å². The molecule has 0 unspecified atom stereocenters. The van der Waals surface area contributed by atoms with Gasteiger partial charge >= 0.3 is 0 Å². The first-order chi connectivity index (χ1) is 8.72. The van der Waals surface area contributed by atoms with Crippen LogP contribution in [0.4, 0.5) is 10.1 Å². The molecule has 0 amide bonds. The van der Waals surface area contributed by atoms with E-state index in [1.807, 2.05) is 0 Å². The van der Waals surface area contributed by atoms with Crippen molar-refractivity contribution < 1.29 is 4.39 Å². The van der Waals surface area contributed by atoms with Crippen molar-refractivity contribution in [3.63, 3.8) is 0 Å². The Balaban J connectivity index is 1.74. The topological polar surface area (TPSA) is 12.0 Å². The van der Waals surface area contributed by atoms with Crippen LogP contribution < -0.4 is 5.32 Å². The van der Waals surface area contributed by atoms with E-state index in [4.69, 9.17) is 0 Å². The second-order valence-electron chi connectivity index (χ2n) is 4.65. The highest BCUT2D eigenvalue weighted by Gasteiger charge is 2.20. The fourth-order valence-electron chi connectivity index (χ4n) is 2.48. The van der Waals surface area contributed by atoms with Crippen LogP contribution in [-0.4, -0.2) is 6.04 Å². The van der Waals surface area contributed by atoms with Crippen molar-refractivity contribution >= 4 is 21.6 Å². The van der Waals surface area contributed by atoms with E-state index in [9.17, 15) is 4.39 Å². The highest BCUT2D eigenvalue weighted by atomic mass is 79.9. The highest BCUT2D eigenvalue weighted by Crippen LogP contribution is 2.26. The van der Waals surface area contributed by atoms with Gasteiger partial charge in [0.05, 0.1) is 4.47 Å². The summed E-state index contributed by atoms with van der Waals surface area (Å²) < 4.78 is 13.7. The summed E-state index contributed by atoms with van der Waals surface area (Å²) in [6, 6.07) is 14.0. The minimum atomic E-state index is -0.227. The number of hydrogen-bond donors (Lipinski definition) is 1. The van der Waals surface area contributed by atoms with Gasteiger partial charge in [-0.1, -0.05) is 24.3 Å². The van der Waals surface area contributed by atoms with Crippen molar-refractivity contribution in [2.45, 2.75) is 18.9 Å². The van der Waals surface area contributed by atoms with Crippen LogP contribution in [-0.2, 0) is 12.8 Å². The Morgan fingerprint density at radius 2 is 1.72 bits per heavy atom. The molecule has 18 heavy (non-hydrogen) atoms. The molecule has 0 atom stereocenters. The van der Waals surface area contributed by atoms with Gasteiger partial charge in [0.25, 0.3) is 0 Å². The monoisotopic (exact) mass is 305 g/mol. The first-order valence-electron chi connectivity index (χ1n) is 6.01. The highest BCUT2D eigenvalue weighted by molar-refractivity contribution is 9.10. The fraction of sp³-hybridized carbons (Fsp3) is 0.200. The molecule has 0 aliphatic heterocycles. The molecule has 0 fully saturated rings. The second kappa shape index (κ2) is 4.73. The van der Waals surface area contributed by atoms with Crippen LogP contribution in [0.15, 0.2) is 46.9 Å². The summed E-state index contributed by atoms with van der Waals surface area (Å²) in [5, 5.41) is 3.46. The van der Waals surface area contributed by atoms with Crippen LogP contribution in [0.2, 0.25) is 0 Å². The van der Waals surface area contributed by atoms with Crippen molar-refractivity contribution in [3.05, 3.63) is 63.9 Å². The van der Waals surface area contributed by atoms with Gasteiger partial charge in [-0.15, -0.1) is 0 Å². The third-order valence-corrected chi connectivity index (χ3v) is 3.95. The molecule has 0 saturated heterocycles. The molecule has 2 aromatic rings. The Bertz CT molecular complexity index is 557. The average molecular weight is 306 g/mol. The van der Waals surface area contributed by atoms with Gasteiger partial charge in [0.2, 0.25) is 0 Å². The lowest BCUT2D eigenvalue weighted by molar-refractivity contribution is 0.621. The molecule has 92 valence electrons. The quantitative estimate of drug-likeness (QED) is 0.878. The van der Waals surface area contributed by atoms with Crippen molar-refractivity contribution in [1.82, 2.24) is 0 Å². The van der Waals surface area contributed by atoms with Crippen LogP contribution in [0.1, 0.15) is 11.1 Å². The minimum Gasteiger partial charge on any atom is -0.382 e. The Kier molecular flexibility index (Phi) is 3.08. The first kappa shape index (κ1) is 11.7. The van der Waals surface area contributed by atoms with Gasteiger partial charge in [-0.05, 0) is 58.1 Å². The largest absolute Gasteiger partial charge is 0.382 e. The summed E-state index contributed by atoms with van der Waals surface area (Å²) in [6.45, 7) is 0. The molecule has 0 spiro atoms. The van der Waals surface area contributed by atoms with Crippen LogP contribution in [0.3, 0.4) is 0 Å². The fourth-order valence-corrected chi connectivity index (χ4v) is 2.86. The zero-order chi connectivity index (χ0) is 12.5. The van der Waals surface area contributed by atoms with Crippen LogP contribution in [0, 0.1) is 5.82 Å². The van der Waals surface area contributed by atoms with E-state index in [1.165, 1.54) is 17.2 Å². The lowest BCUT2D eigenvalue weighted by Crippen LogP contribution is -2.19. The normalized spacial score (nSPS) is 14.6. The molecule has 3 rings (SSSR count). The van der Waals surface area contributed by atoms with E-state index < -0.39 is 0 Å². The predicted molar refractivity (Wildman–Crippen MR) is 75.4 cm³/mol. The molecule has 1 N–H and O–H groups in total. The molecule has 1 nitrogen and oxygen atoms in total. The van der Waals surface area contributed by atoms with E-state index in [2.05, 4.69) is 45.5 Å². The SMILES string of the molecule is Fc1ccc(NC2Cc3ccccc3C2)cc1Br. The summed E-state index contributed by atoms with van der Waals surface area (Å²) >= 11 is 3.21. The number of halogens is 2. The maximum atomic E-state index is 13.2. The molecular weight excluding hydrogens is 293 g/mol. The van der Waals surface area contributed by atoms with Gasteiger partial charge in [-0.25, -0.2) is 4.39 Å². The summed E-state index contributed by atoms with van der Waals surface area (Å²) in [4.78, 5) is 0. The standard InChI is InChI=1S/C15H13BrFN/c16-14-9-12(5-6-15(14)17)18-13-7-10-3-1-2-4-11(10)8-13/h1-6,9,13,18H,7-8H2. The average Bonchev–Trinajstić information content (AvgIpc) is 2.76. The third-order valence-electron chi connectivity index (χ3n) is 3.34. The molecule has 2 aromatic carbocycles. The Labute approximate surface area is 114 Å². The van der Waals surface area contributed by atoms with Crippen molar-refractivity contribution in [2.24, 2.45) is 0 Å². The summed E-state index contributed by atoms with van der Waals surface area (Å²) in [5.41, 5.74) is 3.79. The van der Waals surface area contributed by atoms with Gasteiger partial charge in [0.15, 0.2) is 0 Å². The number of benzene rings is 2. The Morgan fingerprint density at radius 3 is 2.33 bits per heavy atom. The van der Waals surface area contributed by atoms with Crippen LogP contribution in [0.5, 0.6) is 0 Å². The zero-order valence-corrected chi connectivity index (χ0v) is 11.4. The first-order valence-corrected chi connectivity index (χ1v) is 6.80. The molecule has 3 heteroatoms. The number of fused-ring (bicyclic) bond motifs is 1. The van der Waals surface area contributed by atoms with Crippen molar-refractivity contribution in [1.29, 1.82) is 0 Å². The predicted octanol–water partition coefficient (Wildman–Crippen LogP) is 4.17. The molecule has 0 bridgehead atoms. The maximum absolute atomic E-state index is 13.2. The van der Waals surface area contributed by atoms with Gasteiger partial charge in [-0.2, -0.15) is 0 Å². The summed E-state index contributed by atoms with van der Waals surface area (Å²) in [6.07, 6.45) is 2.07. The van der Waals surface area contributed by atoms with E-state index in [0.29, 0.717) is 10.5 Å². The van der Waals surface area contributed by atoms with Gasteiger partial charge in [0.1, 0.15) is 5.82 Å². The van der Waals surface area contributed by atoms with Crippen molar-refractivity contribution in [2.75, 3.05) is 5.32 Å².